The highest BCUT2D eigenvalue weighted by Gasteiger charge is 2.31. The van der Waals surface area contributed by atoms with Crippen LogP contribution in [0.1, 0.15) is 40.9 Å². The molecule has 0 amide bonds. The van der Waals surface area contributed by atoms with Gasteiger partial charge >= 0.3 is 0 Å². The van der Waals surface area contributed by atoms with Gasteiger partial charge in [0.1, 0.15) is 29.5 Å². The fourth-order valence-electron chi connectivity index (χ4n) is 3.86. The van der Waals surface area contributed by atoms with Crippen LogP contribution in [0.5, 0.6) is 28.7 Å². The highest BCUT2D eigenvalue weighted by atomic mass is 16.5. The maximum atomic E-state index is 13.8. The van der Waals surface area contributed by atoms with Crippen LogP contribution >= 0.6 is 0 Å². The number of hydrogen-bond acceptors (Lipinski definition) is 6. The van der Waals surface area contributed by atoms with Crippen LogP contribution in [0.4, 0.5) is 0 Å². The van der Waals surface area contributed by atoms with Gasteiger partial charge in [-0.3, -0.25) is 4.79 Å². The first-order valence-corrected chi connectivity index (χ1v) is 10.9. The average Bonchev–Trinajstić information content (AvgIpc) is 2.86. The maximum Gasteiger partial charge on any atom is 0.200 e. The van der Waals surface area contributed by atoms with Gasteiger partial charge in [-0.1, -0.05) is 30.3 Å². The Morgan fingerprint density at radius 2 is 1.62 bits per heavy atom. The Bertz CT molecular complexity index is 1230. The summed E-state index contributed by atoms with van der Waals surface area (Å²) in [6.45, 7) is 4.28. The molecule has 0 saturated heterocycles. The van der Waals surface area contributed by atoms with Crippen molar-refractivity contribution in [1.29, 1.82) is 0 Å². The number of ketones is 1. The summed E-state index contributed by atoms with van der Waals surface area (Å²) in [7, 11) is 4.60. The van der Waals surface area contributed by atoms with E-state index in [1.807, 2.05) is 56.3 Å². The minimum Gasteiger partial charge on any atom is -0.496 e. The Kier molecular flexibility index (Phi) is 6.50. The number of carbonyl (C=O) groups excluding carboxylic acids is 1. The van der Waals surface area contributed by atoms with E-state index < -0.39 is 5.60 Å². The van der Waals surface area contributed by atoms with Crippen molar-refractivity contribution in [2.45, 2.75) is 26.1 Å². The van der Waals surface area contributed by atoms with Crippen LogP contribution in [0.2, 0.25) is 0 Å². The maximum absolute atomic E-state index is 13.8. The van der Waals surface area contributed by atoms with Crippen molar-refractivity contribution in [3.8, 4) is 28.7 Å². The van der Waals surface area contributed by atoms with Gasteiger partial charge in [0.05, 0.1) is 38.0 Å². The highest BCUT2D eigenvalue weighted by Crippen LogP contribution is 2.46. The van der Waals surface area contributed by atoms with E-state index in [-0.39, 0.29) is 5.78 Å². The van der Waals surface area contributed by atoms with Crippen molar-refractivity contribution in [2.24, 2.45) is 0 Å². The molecule has 1 aliphatic rings. The molecule has 0 aromatic heterocycles. The molecule has 0 N–H and O–H groups in total. The third-order valence-corrected chi connectivity index (χ3v) is 5.58. The van der Waals surface area contributed by atoms with Crippen molar-refractivity contribution in [3.05, 3.63) is 82.9 Å². The van der Waals surface area contributed by atoms with Crippen molar-refractivity contribution in [2.75, 3.05) is 21.3 Å². The quantitative estimate of drug-likeness (QED) is 0.402. The topological polar surface area (TPSA) is 63.2 Å². The molecular weight excluding hydrogens is 432 g/mol. The second kappa shape index (κ2) is 9.51. The van der Waals surface area contributed by atoms with Crippen LogP contribution < -0.4 is 23.7 Å². The molecule has 4 rings (SSSR count). The standard InChI is InChI=1S/C28H28O6/c1-28(2)14-13-20-26(32-5)22(16-24(31-4)27(20)34-28)25(29)21-15-19(11-12-23(21)30-3)33-17-18-9-7-6-8-10-18/h6-16H,17H2,1-5H3. The molecule has 0 radical (unpaired) electrons. The smallest absolute Gasteiger partial charge is 0.200 e. The van der Waals surface area contributed by atoms with Crippen molar-refractivity contribution in [1.82, 2.24) is 0 Å². The van der Waals surface area contributed by atoms with Crippen LogP contribution in [0.15, 0.2) is 60.7 Å². The summed E-state index contributed by atoms with van der Waals surface area (Å²) in [5.41, 5.74) is 1.87. The van der Waals surface area contributed by atoms with Crippen LogP contribution in [-0.4, -0.2) is 32.7 Å². The van der Waals surface area contributed by atoms with Gasteiger partial charge in [-0.15, -0.1) is 0 Å². The van der Waals surface area contributed by atoms with Crippen molar-refractivity contribution < 1.29 is 28.5 Å². The van der Waals surface area contributed by atoms with Gasteiger partial charge in [0.25, 0.3) is 0 Å². The summed E-state index contributed by atoms with van der Waals surface area (Å²) >= 11 is 0. The van der Waals surface area contributed by atoms with Crippen LogP contribution in [0.3, 0.4) is 0 Å². The third-order valence-electron chi connectivity index (χ3n) is 5.58. The first-order valence-electron chi connectivity index (χ1n) is 10.9. The summed E-state index contributed by atoms with van der Waals surface area (Å²) in [5, 5.41) is 0. The van der Waals surface area contributed by atoms with Gasteiger partial charge < -0.3 is 23.7 Å². The largest absolute Gasteiger partial charge is 0.496 e. The summed E-state index contributed by atoms with van der Waals surface area (Å²) in [4.78, 5) is 13.8. The molecular formula is C28H28O6. The van der Waals surface area contributed by atoms with Crippen molar-refractivity contribution >= 4 is 11.9 Å². The number of fused-ring (bicyclic) bond motifs is 1. The predicted octanol–water partition coefficient (Wildman–Crippen LogP) is 5.71. The zero-order valence-corrected chi connectivity index (χ0v) is 20.0. The second-order valence-electron chi connectivity index (χ2n) is 8.41. The first-order chi connectivity index (χ1) is 16.4. The molecule has 6 nitrogen and oxygen atoms in total. The monoisotopic (exact) mass is 460 g/mol. The predicted molar refractivity (Wildman–Crippen MR) is 130 cm³/mol. The Labute approximate surface area is 199 Å². The van der Waals surface area contributed by atoms with Gasteiger partial charge in [0.15, 0.2) is 11.5 Å². The minimum atomic E-state index is -0.509. The first kappa shape index (κ1) is 23.2. The fraction of sp³-hybridized carbons (Fsp3) is 0.250. The molecule has 3 aromatic carbocycles. The molecule has 1 aliphatic heterocycles. The lowest BCUT2D eigenvalue weighted by Crippen LogP contribution is -2.28. The molecule has 0 atom stereocenters. The van der Waals surface area contributed by atoms with Gasteiger partial charge in [-0.05, 0) is 55.8 Å². The van der Waals surface area contributed by atoms with E-state index >= 15 is 0 Å². The van der Waals surface area contributed by atoms with Crippen LogP contribution in [0, 0.1) is 0 Å². The second-order valence-corrected chi connectivity index (χ2v) is 8.41. The SMILES string of the molecule is COc1ccc(OCc2ccccc2)cc1C(=O)c1cc(OC)c2c(c1OC)C=CC(C)(C)O2. The molecule has 0 fully saturated rings. The Morgan fingerprint density at radius 3 is 2.29 bits per heavy atom. The lowest BCUT2D eigenvalue weighted by atomic mass is 9.94. The summed E-state index contributed by atoms with van der Waals surface area (Å²) in [6.07, 6.45) is 3.82. The van der Waals surface area contributed by atoms with E-state index in [1.54, 1.807) is 31.4 Å². The minimum absolute atomic E-state index is 0.279. The molecule has 34 heavy (non-hydrogen) atoms. The van der Waals surface area contributed by atoms with Crippen LogP contribution in [-0.2, 0) is 6.61 Å². The Balaban J connectivity index is 1.75. The van der Waals surface area contributed by atoms with Crippen LogP contribution in [0.25, 0.3) is 6.08 Å². The van der Waals surface area contributed by atoms with Gasteiger partial charge in [-0.2, -0.15) is 0 Å². The lowest BCUT2D eigenvalue weighted by molar-refractivity contribution is 0.103. The van der Waals surface area contributed by atoms with E-state index in [9.17, 15) is 4.79 Å². The number of ether oxygens (including phenoxy) is 5. The number of hydrogen-bond donors (Lipinski definition) is 0. The number of rotatable bonds is 8. The molecule has 6 heteroatoms. The number of benzene rings is 3. The number of carbonyl (C=O) groups is 1. The summed E-state index contributed by atoms with van der Waals surface area (Å²) < 4.78 is 28.8. The molecule has 0 unspecified atom stereocenters. The summed E-state index contributed by atoms with van der Waals surface area (Å²) in [6, 6.07) is 16.7. The normalized spacial score (nSPS) is 13.4. The van der Waals surface area contributed by atoms with E-state index in [0.29, 0.717) is 52.0 Å². The van der Waals surface area contributed by atoms with E-state index in [2.05, 4.69) is 0 Å². The van der Waals surface area contributed by atoms with E-state index in [1.165, 1.54) is 14.2 Å². The zero-order valence-electron chi connectivity index (χ0n) is 20.0. The average molecular weight is 461 g/mol. The zero-order chi connectivity index (χ0) is 24.3. The van der Waals surface area contributed by atoms with Gasteiger partial charge in [-0.25, -0.2) is 0 Å². The third kappa shape index (κ3) is 4.57. The highest BCUT2D eigenvalue weighted by molar-refractivity contribution is 6.13. The Morgan fingerprint density at radius 1 is 0.882 bits per heavy atom. The molecule has 1 heterocycles. The van der Waals surface area contributed by atoms with Crippen molar-refractivity contribution in [3.63, 3.8) is 0 Å². The fourth-order valence-corrected chi connectivity index (χ4v) is 3.86. The molecule has 0 spiro atoms. The molecule has 0 saturated carbocycles. The van der Waals surface area contributed by atoms with E-state index in [4.69, 9.17) is 23.7 Å². The van der Waals surface area contributed by atoms with E-state index in [0.717, 1.165) is 5.56 Å². The Hall–Kier alpha value is -3.93. The van der Waals surface area contributed by atoms with Gasteiger partial charge in [0, 0.05) is 0 Å². The lowest BCUT2D eigenvalue weighted by Gasteiger charge is -2.30. The molecule has 3 aromatic rings. The van der Waals surface area contributed by atoms with Gasteiger partial charge in [0.2, 0.25) is 5.78 Å². The molecule has 176 valence electrons. The molecule has 0 aliphatic carbocycles. The molecule has 0 bridgehead atoms. The number of methoxy groups -OCH3 is 3. The summed E-state index contributed by atoms with van der Waals surface area (Å²) in [5.74, 6) is 2.11.